The van der Waals surface area contributed by atoms with Crippen molar-refractivity contribution >= 4 is 35.2 Å². The van der Waals surface area contributed by atoms with Crippen LogP contribution in [0.2, 0.25) is 0 Å². The molecule has 0 aromatic carbocycles. The Bertz CT molecular complexity index is 1450. The number of carbonyl (C=O) groups is 2. The van der Waals surface area contributed by atoms with Crippen LogP contribution in [0.5, 0.6) is 0 Å². The standard InChI is InChI=1S/C33H45ClF2N4O5S/c1-17-27(32(43)44)28-29(46-17)24(16-39(4)31(28)42)22-11-20(34)5-8-26(22)45-10-9-40-18(2)37-25-7-6-21(12-23(25)30(40)41)38(3)15-19-13-33(35,36)14-19/h16-17,19-22,26-29H,5-15H2,1-4H3,(H,43,44)/t17?,20?,21-,22?,26?,27?,28?,29?/m0/s1. The lowest BCUT2D eigenvalue weighted by atomic mass is 9.74. The van der Waals surface area contributed by atoms with Gasteiger partial charge in [-0.3, -0.25) is 19.0 Å². The number of ether oxygens (including phenoxy) is 1. The fourth-order valence-corrected chi connectivity index (χ4v) is 10.6. The van der Waals surface area contributed by atoms with Crippen molar-refractivity contribution in [2.75, 3.05) is 27.2 Å². The molecule has 6 rings (SSSR count). The average Bonchev–Trinajstić information content (AvgIpc) is 3.33. The van der Waals surface area contributed by atoms with Crippen molar-refractivity contribution in [1.29, 1.82) is 0 Å². The first-order chi connectivity index (χ1) is 21.7. The Labute approximate surface area is 278 Å². The van der Waals surface area contributed by atoms with Crippen molar-refractivity contribution in [3.63, 3.8) is 0 Å². The third kappa shape index (κ3) is 6.52. The topological polar surface area (TPSA) is 105 Å². The molecule has 9 nitrogen and oxygen atoms in total. The first-order valence-corrected chi connectivity index (χ1v) is 17.9. The first-order valence-electron chi connectivity index (χ1n) is 16.5. The van der Waals surface area contributed by atoms with E-state index >= 15 is 0 Å². The summed E-state index contributed by atoms with van der Waals surface area (Å²) < 4.78 is 35.0. The zero-order valence-electron chi connectivity index (χ0n) is 27.0. The Morgan fingerprint density at radius 3 is 2.70 bits per heavy atom. The number of aryl methyl sites for hydroxylation is 2. The summed E-state index contributed by atoms with van der Waals surface area (Å²) >= 11 is 8.24. The molecular weight excluding hydrogens is 638 g/mol. The number of likely N-dealkylation sites (N-methyl/N-ethyl adjacent to an activating group) is 1. The van der Waals surface area contributed by atoms with Crippen molar-refractivity contribution in [3.8, 4) is 0 Å². The summed E-state index contributed by atoms with van der Waals surface area (Å²) in [5.41, 5.74) is 2.50. The molecule has 3 heterocycles. The van der Waals surface area contributed by atoms with Gasteiger partial charge in [0.1, 0.15) is 5.82 Å². The van der Waals surface area contributed by atoms with Crippen molar-refractivity contribution in [1.82, 2.24) is 19.4 Å². The molecule has 3 aliphatic carbocycles. The van der Waals surface area contributed by atoms with Gasteiger partial charge in [0, 0.05) is 66.0 Å². The van der Waals surface area contributed by atoms with Gasteiger partial charge in [-0.25, -0.2) is 13.8 Å². The highest BCUT2D eigenvalue weighted by atomic mass is 35.5. The summed E-state index contributed by atoms with van der Waals surface area (Å²) in [6.45, 7) is 4.97. The maximum absolute atomic E-state index is 13.8. The van der Waals surface area contributed by atoms with Gasteiger partial charge in [-0.1, -0.05) is 6.92 Å². The number of halogens is 3. The number of hydrogen-bond donors (Lipinski definition) is 1. The highest BCUT2D eigenvalue weighted by Gasteiger charge is 2.55. The molecule has 1 aromatic heterocycles. The number of rotatable bonds is 9. The Morgan fingerprint density at radius 1 is 1.26 bits per heavy atom. The van der Waals surface area contributed by atoms with E-state index in [1.165, 1.54) is 4.90 Å². The second-order valence-corrected chi connectivity index (χ2v) is 16.3. The summed E-state index contributed by atoms with van der Waals surface area (Å²) in [6, 6.07) is 0.115. The largest absolute Gasteiger partial charge is 0.481 e. The van der Waals surface area contributed by atoms with Crippen molar-refractivity contribution in [2.24, 2.45) is 23.7 Å². The van der Waals surface area contributed by atoms with E-state index < -0.39 is 23.7 Å². The molecule has 0 bridgehead atoms. The molecule has 5 aliphatic rings. The van der Waals surface area contributed by atoms with Crippen molar-refractivity contribution in [3.05, 3.63) is 39.2 Å². The van der Waals surface area contributed by atoms with Crippen LogP contribution in [0.1, 0.15) is 62.5 Å². The minimum absolute atomic E-state index is 0.00514. The number of fused-ring (bicyclic) bond motifs is 2. The van der Waals surface area contributed by atoms with E-state index in [1.807, 2.05) is 27.1 Å². The SMILES string of the molecule is Cc1nc2c(c(=O)n1CCOC1CCC(Cl)CC1C1=CN(C)C(=O)C3C1SC(C)C3C(=O)O)C[C@@H](N(C)CC1CC(F)(F)C1)CC2. The number of hydrogen-bond acceptors (Lipinski definition) is 7. The second kappa shape index (κ2) is 13.1. The van der Waals surface area contributed by atoms with Crippen LogP contribution in [-0.2, 0) is 33.7 Å². The molecular formula is C33H45ClF2N4O5S. The molecule has 8 atom stereocenters. The Balaban J connectivity index is 1.14. The summed E-state index contributed by atoms with van der Waals surface area (Å²) in [6.07, 6.45) is 5.85. The van der Waals surface area contributed by atoms with Crippen molar-refractivity contribution in [2.45, 2.75) is 106 Å². The molecule has 1 aromatic rings. The van der Waals surface area contributed by atoms with Crippen LogP contribution in [0, 0.1) is 30.6 Å². The van der Waals surface area contributed by atoms with Crippen molar-refractivity contribution < 1.29 is 28.2 Å². The van der Waals surface area contributed by atoms with Gasteiger partial charge in [0.05, 0.1) is 36.8 Å². The van der Waals surface area contributed by atoms with Crippen LogP contribution < -0.4 is 5.56 Å². The number of amides is 1. The highest BCUT2D eigenvalue weighted by molar-refractivity contribution is 8.01. The molecule has 1 N–H and O–H groups in total. The number of aliphatic carboxylic acids is 1. The summed E-state index contributed by atoms with van der Waals surface area (Å²) in [4.78, 5) is 47.5. The normalized spacial score (nSPS) is 34.2. The number of thioether (sulfide) groups is 1. The van der Waals surface area contributed by atoms with Gasteiger partial charge in [-0.2, -0.15) is 0 Å². The number of alkyl halides is 3. The monoisotopic (exact) mass is 682 g/mol. The zero-order chi connectivity index (χ0) is 33.1. The third-order valence-corrected chi connectivity index (χ3v) is 13.0. The maximum Gasteiger partial charge on any atom is 0.308 e. The molecule has 46 heavy (non-hydrogen) atoms. The molecule has 1 saturated heterocycles. The quantitative estimate of drug-likeness (QED) is 0.384. The predicted octanol–water partition coefficient (Wildman–Crippen LogP) is 4.36. The van der Waals surface area contributed by atoms with Crippen LogP contribution in [0.25, 0.3) is 0 Å². The van der Waals surface area contributed by atoms with E-state index in [2.05, 4.69) is 4.90 Å². The summed E-state index contributed by atoms with van der Waals surface area (Å²) in [7, 11) is 3.66. The molecule has 2 aliphatic heterocycles. The molecule has 13 heteroatoms. The molecule has 0 spiro atoms. The zero-order valence-corrected chi connectivity index (χ0v) is 28.5. The summed E-state index contributed by atoms with van der Waals surface area (Å²) in [5, 5.41) is 9.47. The minimum atomic E-state index is -2.53. The number of carboxylic acids is 1. The number of carbonyl (C=O) groups excluding carboxylic acids is 1. The van der Waals surface area contributed by atoms with Crippen LogP contribution in [0.15, 0.2) is 16.6 Å². The Morgan fingerprint density at radius 2 is 2.00 bits per heavy atom. The van der Waals surface area contributed by atoms with Gasteiger partial charge in [0.25, 0.3) is 5.56 Å². The molecule has 7 unspecified atom stereocenters. The second-order valence-electron chi connectivity index (χ2n) is 14.2. The fourth-order valence-electron chi connectivity index (χ4n) is 8.56. The van der Waals surface area contributed by atoms with Crippen LogP contribution in [0.4, 0.5) is 8.78 Å². The van der Waals surface area contributed by atoms with Gasteiger partial charge in [-0.05, 0) is 64.0 Å². The number of aromatic nitrogens is 2. The maximum atomic E-state index is 13.8. The predicted molar refractivity (Wildman–Crippen MR) is 172 cm³/mol. The van der Waals surface area contributed by atoms with Gasteiger partial charge in [0.15, 0.2) is 0 Å². The van der Waals surface area contributed by atoms with E-state index in [0.29, 0.717) is 50.3 Å². The fraction of sp³-hybridized carbons (Fsp3) is 0.758. The molecule has 254 valence electrons. The van der Waals surface area contributed by atoms with Gasteiger partial charge < -0.3 is 19.6 Å². The van der Waals surface area contributed by atoms with Crippen LogP contribution >= 0.6 is 23.4 Å². The Hall–Kier alpha value is -2.02. The van der Waals surface area contributed by atoms with Gasteiger partial charge >= 0.3 is 5.97 Å². The lowest BCUT2D eigenvalue weighted by molar-refractivity contribution is -0.148. The van der Waals surface area contributed by atoms with Gasteiger partial charge in [0.2, 0.25) is 11.8 Å². The van der Waals surface area contributed by atoms with Crippen LogP contribution in [0.3, 0.4) is 0 Å². The molecule has 1 amide bonds. The van der Waals surface area contributed by atoms with Gasteiger partial charge in [-0.15, -0.1) is 23.4 Å². The van der Waals surface area contributed by atoms with E-state index in [4.69, 9.17) is 21.3 Å². The summed E-state index contributed by atoms with van der Waals surface area (Å²) in [5.74, 6) is -4.45. The molecule has 0 radical (unpaired) electrons. The Kier molecular flexibility index (Phi) is 9.66. The highest BCUT2D eigenvalue weighted by Crippen LogP contribution is 2.52. The smallest absolute Gasteiger partial charge is 0.308 e. The number of carboxylic acid groups (broad SMARTS) is 1. The lowest BCUT2D eigenvalue weighted by Gasteiger charge is -2.41. The molecule has 2 saturated carbocycles. The first kappa shape index (κ1) is 33.9. The minimum Gasteiger partial charge on any atom is -0.481 e. The molecule has 3 fully saturated rings. The number of nitrogens with zero attached hydrogens (tertiary/aromatic N) is 4. The van der Waals surface area contributed by atoms with E-state index in [0.717, 1.165) is 30.5 Å². The van der Waals surface area contributed by atoms with Crippen LogP contribution in [-0.4, -0.2) is 97.5 Å². The van der Waals surface area contributed by atoms with E-state index in [-0.39, 0.29) is 64.2 Å². The van der Waals surface area contributed by atoms with E-state index in [9.17, 15) is 28.3 Å². The lowest BCUT2D eigenvalue weighted by Crippen LogP contribution is -2.47. The third-order valence-electron chi connectivity index (χ3n) is 11.0. The average molecular weight is 683 g/mol. The van der Waals surface area contributed by atoms with E-state index in [1.54, 1.807) is 23.4 Å².